The summed E-state index contributed by atoms with van der Waals surface area (Å²) >= 11 is 4.07. The number of hydrogen-bond acceptors (Lipinski definition) is 6. The maximum atomic E-state index is 14.0. The lowest BCUT2D eigenvalue weighted by Gasteiger charge is -2.29. The van der Waals surface area contributed by atoms with Crippen LogP contribution in [0, 0.1) is 11.7 Å². The summed E-state index contributed by atoms with van der Waals surface area (Å²) in [7, 11) is 0. The Morgan fingerprint density at radius 3 is 2.78 bits per heavy atom. The van der Waals surface area contributed by atoms with E-state index in [4.69, 9.17) is 10.5 Å². The van der Waals surface area contributed by atoms with E-state index in [-0.39, 0.29) is 29.0 Å². The lowest BCUT2D eigenvalue weighted by molar-refractivity contribution is 0.0996. The summed E-state index contributed by atoms with van der Waals surface area (Å²) in [6.45, 7) is 5.59. The third kappa shape index (κ3) is 6.88. The van der Waals surface area contributed by atoms with Crippen LogP contribution in [0.15, 0.2) is 22.7 Å². The number of hydrogen-bond donors (Lipinski definition) is 3. The number of rotatable bonds is 9. The minimum absolute atomic E-state index is 0.0379. The van der Waals surface area contributed by atoms with Crippen LogP contribution in [0.4, 0.5) is 14.2 Å². The number of ether oxygens (including phenoxy) is 1. The highest BCUT2D eigenvalue weighted by molar-refractivity contribution is 9.10. The van der Waals surface area contributed by atoms with Crippen LogP contribution >= 0.6 is 27.5 Å². The summed E-state index contributed by atoms with van der Waals surface area (Å²) in [6, 6.07) is 4.11. The zero-order valence-corrected chi connectivity index (χ0v) is 20.2. The first kappa shape index (κ1) is 24.4. The molecule has 174 valence electrons. The van der Waals surface area contributed by atoms with E-state index < -0.39 is 17.8 Å². The molecule has 4 N–H and O–H groups in total. The average Bonchev–Trinajstić information content (AvgIpc) is 3.15. The van der Waals surface area contributed by atoms with Crippen molar-refractivity contribution in [2.45, 2.75) is 32.8 Å². The molecule has 1 aromatic heterocycles. The van der Waals surface area contributed by atoms with Crippen LogP contribution in [0.3, 0.4) is 0 Å². The molecule has 0 spiro atoms. The van der Waals surface area contributed by atoms with E-state index in [1.807, 2.05) is 0 Å². The molecule has 1 saturated heterocycles. The summed E-state index contributed by atoms with van der Waals surface area (Å²) in [5, 5.41) is 5.63. The number of nitrogens with one attached hydrogen (secondary N) is 2. The Morgan fingerprint density at radius 2 is 2.09 bits per heavy atom. The van der Waals surface area contributed by atoms with Gasteiger partial charge in [0.25, 0.3) is 5.91 Å². The molecule has 1 unspecified atom stereocenters. The van der Waals surface area contributed by atoms with Gasteiger partial charge in [0, 0.05) is 23.1 Å². The van der Waals surface area contributed by atoms with Crippen LogP contribution in [-0.2, 0) is 6.61 Å². The summed E-state index contributed by atoms with van der Waals surface area (Å²) < 4.78 is 24.2. The van der Waals surface area contributed by atoms with Crippen molar-refractivity contribution in [2.24, 2.45) is 11.7 Å². The van der Waals surface area contributed by atoms with Crippen LogP contribution in [0.2, 0.25) is 0 Å². The third-order valence-corrected chi connectivity index (χ3v) is 6.38. The van der Waals surface area contributed by atoms with Crippen molar-refractivity contribution in [3.8, 4) is 5.88 Å². The van der Waals surface area contributed by atoms with Gasteiger partial charge in [-0.1, -0.05) is 35.3 Å². The van der Waals surface area contributed by atoms with Gasteiger partial charge >= 0.3 is 6.03 Å². The molecule has 1 fully saturated rings. The van der Waals surface area contributed by atoms with Crippen LogP contribution in [0.1, 0.15) is 42.1 Å². The Bertz CT molecular complexity index is 952. The van der Waals surface area contributed by atoms with Gasteiger partial charge in [-0.25, -0.2) is 9.18 Å². The topological polar surface area (TPSA) is 110 Å². The van der Waals surface area contributed by atoms with Crippen molar-refractivity contribution in [3.63, 3.8) is 0 Å². The fourth-order valence-corrected chi connectivity index (χ4v) is 4.59. The van der Waals surface area contributed by atoms with Gasteiger partial charge in [0.05, 0.1) is 0 Å². The molecule has 1 aliphatic heterocycles. The minimum Gasteiger partial charge on any atom is -0.471 e. The predicted molar refractivity (Wildman–Crippen MR) is 126 cm³/mol. The highest BCUT2D eigenvalue weighted by Gasteiger charge is 2.22. The van der Waals surface area contributed by atoms with E-state index in [0.717, 1.165) is 31.2 Å². The first-order valence-corrected chi connectivity index (χ1v) is 12.0. The summed E-state index contributed by atoms with van der Waals surface area (Å²) in [5.74, 6) is -1.00. The number of carbonyl (C=O) groups excluding carboxylic acids is 2. The molecule has 0 radical (unpaired) electrons. The Balaban J connectivity index is 1.54. The molecule has 8 nitrogen and oxygen atoms in total. The second-order valence-corrected chi connectivity index (χ2v) is 9.57. The molecular formula is C21H27BrFN5O3S. The van der Waals surface area contributed by atoms with Crippen molar-refractivity contribution in [1.29, 1.82) is 0 Å². The lowest BCUT2D eigenvalue weighted by atomic mass is 10.1. The Hall–Kier alpha value is -2.24. The first-order chi connectivity index (χ1) is 15.3. The van der Waals surface area contributed by atoms with E-state index in [1.54, 1.807) is 12.1 Å². The van der Waals surface area contributed by atoms with Gasteiger partial charge in [-0.15, -0.1) is 0 Å². The zero-order chi connectivity index (χ0) is 23.1. The molecule has 3 amide bonds. The van der Waals surface area contributed by atoms with Gasteiger partial charge < -0.3 is 20.7 Å². The molecule has 0 aliphatic carbocycles. The number of anilines is 1. The molecule has 2 aromatic rings. The van der Waals surface area contributed by atoms with Crippen molar-refractivity contribution >= 4 is 44.4 Å². The zero-order valence-electron chi connectivity index (χ0n) is 17.8. The molecule has 0 bridgehead atoms. The number of piperidine rings is 1. The fraction of sp³-hybridized carbons (Fsp3) is 0.476. The van der Waals surface area contributed by atoms with Gasteiger partial charge in [0.2, 0.25) is 5.88 Å². The summed E-state index contributed by atoms with van der Waals surface area (Å²) in [6.07, 6.45) is 3.73. The van der Waals surface area contributed by atoms with Crippen molar-refractivity contribution in [3.05, 3.63) is 39.6 Å². The molecule has 1 aromatic carbocycles. The number of primary amides is 1. The van der Waals surface area contributed by atoms with Crippen LogP contribution in [0.5, 0.6) is 5.88 Å². The molecule has 2 heterocycles. The molecule has 0 saturated carbocycles. The third-order valence-electron chi connectivity index (χ3n) is 5.14. The number of nitrogens with zero attached hydrogens (tertiary/aromatic N) is 2. The highest BCUT2D eigenvalue weighted by Crippen LogP contribution is 2.31. The number of carbonyl (C=O) groups is 2. The maximum Gasteiger partial charge on any atom is 0.319 e. The molecule has 32 heavy (non-hydrogen) atoms. The summed E-state index contributed by atoms with van der Waals surface area (Å²) in [5.41, 5.74) is 5.73. The van der Waals surface area contributed by atoms with Gasteiger partial charge in [-0.3, -0.25) is 10.1 Å². The molecule has 1 aliphatic rings. The number of likely N-dealkylation sites (tertiary alicyclic amines) is 1. The van der Waals surface area contributed by atoms with E-state index in [0.29, 0.717) is 16.6 Å². The quantitative estimate of drug-likeness (QED) is 0.457. The normalized spacial score (nSPS) is 15.2. The van der Waals surface area contributed by atoms with Crippen LogP contribution in [-0.4, -0.2) is 47.4 Å². The number of halogens is 2. The smallest absolute Gasteiger partial charge is 0.319 e. The molecule has 1 atom stereocenters. The average molecular weight is 528 g/mol. The fourth-order valence-electron chi connectivity index (χ4n) is 3.52. The number of urea groups is 1. The number of amides is 3. The largest absolute Gasteiger partial charge is 0.471 e. The Labute approximate surface area is 199 Å². The summed E-state index contributed by atoms with van der Waals surface area (Å²) in [4.78, 5) is 26.7. The maximum absolute atomic E-state index is 14.0. The molecule has 11 heteroatoms. The second-order valence-electron chi connectivity index (χ2n) is 7.88. The van der Waals surface area contributed by atoms with Gasteiger partial charge in [-0.05, 0) is 55.5 Å². The first-order valence-electron chi connectivity index (χ1n) is 10.5. The highest BCUT2D eigenvalue weighted by atomic mass is 79.9. The van der Waals surface area contributed by atoms with Gasteiger partial charge in [-0.2, -0.15) is 4.37 Å². The molecular weight excluding hydrogens is 501 g/mol. The van der Waals surface area contributed by atoms with E-state index in [2.05, 4.69) is 42.8 Å². The minimum atomic E-state index is -0.793. The van der Waals surface area contributed by atoms with Crippen LogP contribution in [0.25, 0.3) is 0 Å². The van der Waals surface area contributed by atoms with Gasteiger partial charge in [0.1, 0.15) is 23.0 Å². The van der Waals surface area contributed by atoms with E-state index in [1.165, 1.54) is 25.3 Å². The molecule has 3 rings (SSSR count). The second kappa shape index (κ2) is 11.6. The van der Waals surface area contributed by atoms with Crippen molar-refractivity contribution in [2.75, 3.05) is 31.5 Å². The predicted octanol–water partition coefficient (Wildman–Crippen LogP) is 3.97. The monoisotopic (exact) mass is 527 g/mol. The number of nitrogens with two attached hydrogens (primary N) is 1. The van der Waals surface area contributed by atoms with Crippen molar-refractivity contribution < 1.29 is 18.7 Å². The SMILES string of the molecule is CC(CNC(=O)Nc1snc(OCc2ccc(Br)cc2F)c1C(N)=O)CN1CCCCC1. The van der Waals surface area contributed by atoms with E-state index >= 15 is 0 Å². The van der Waals surface area contributed by atoms with Crippen LogP contribution < -0.4 is 21.1 Å². The van der Waals surface area contributed by atoms with Gasteiger partial charge in [0.15, 0.2) is 0 Å². The van der Waals surface area contributed by atoms with Crippen molar-refractivity contribution in [1.82, 2.24) is 14.6 Å². The number of benzene rings is 1. The Kier molecular flexibility index (Phi) is 8.83. The number of aromatic nitrogens is 1. The Morgan fingerprint density at radius 1 is 1.34 bits per heavy atom. The van der Waals surface area contributed by atoms with E-state index in [9.17, 15) is 14.0 Å². The lowest BCUT2D eigenvalue weighted by Crippen LogP contribution is -2.39. The standard InChI is InChI=1S/C21H27BrFN5O3S/c1-13(11-28-7-3-2-4-8-28)10-25-21(30)26-20-17(18(24)29)19(27-32-20)31-12-14-5-6-15(22)9-16(14)23/h5-6,9,13H,2-4,7-8,10-12H2,1H3,(H2,24,29)(H2,25,26,30).